The maximum Gasteiger partial charge on any atom is 0.242 e. The molecule has 1 N–H and O–H groups in total. The highest BCUT2D eigenvalue weighted by molar-refractivity contribution is 7.89. The number of rotatable bonds is 8. The summed E-state index contributed by atoms with van der Waals surface area (Å²) in [5.74, 6) is 0.227. The van der Waals surface area contributed by atoms with E-state index in [1.165, 1.54) is 54.9 Å². The van der Waals surface area contributed by atoms with Crippen LogP contribution in [0.2, 0.25) is 0 Å². The Labute approximate surface area is 147 Å². The molecule has 25 heavy (non-hydrogen) atoms. The van der Waals surface area contributed by atoms with Crippen LogP contribution in [0.15, 0.2) is 53.4 Å². The molecule has 0 aliphatic rings. The van der Waals surface area contributed by atoms with Crippen molar-refractivity contribution in [2.75, 3.05) is 20.7 Å². The van der Waals surface area contributed by atoms with Gasteiger partial charge in [0.2, 0.25) is 10.0 Å². The van der Waals surface area contributed by atoms with Gasteiger partial charge >= 0.3 is 0 Å². The highest BCUT2D eigenvalue weighted by atomic mass is 32.2. The van der Waals surface area contributed by atoms with Gasteiger partial charge in [0.25, 0.3) is 0 Å². The molecule has 2 aromatic carbocycles. The summed E-state index contributed by atoms with van der Waals surface area (Å²) in [4.78, 5) is 0.190. The first-order valence-electron chi connectivity index (χ1n) is 7.88. The summed E-state index contributed by atoms with van der Waals surface area (Å²) in [5, 5.41) is 10.1. The second kappa shape index (κ2) is 8.42. The summed E-state index contributed by atoms with van der Waals surface area (Å²) in [5.41, 5.74) is 0.613. The lowest BCUT2D eigenvalue weighted by Crippen LogP contribution is -2.28. The zero-order valence-corrected chi connectivity index (χ0v) is 15.0. The Morgan fingerprint density at radius 3 is 2.28 bits per heavy atom. The minimum absolute atomic E-state index is 0.190. The predicted octanol–water partition coefficient (Wildman–Crippen LogP) is 2.97. The van der Waals surface area contributed by atoms with Gasteiger partial charge in [0.15, 0.2) is 0 Å². The highest BCUT2D eigenvalue weighted by Crippen LogP contribution is 2.21. The van der Waals surface area contributed by atoms with E-state index in [-0.39, 0.29) is 17.3 Å². The van der Waals surface area contributed by atoms with Crippen molar-refractivity contribution in [2.24, 2.45) is 0 Å². The van der Waals surface area contributed by atoms with Gasteiger partial charge < -0.3 is 9.84 Å². The third-order valence-corrected chi connectivity index (χ3v) is 5.84. The van der Waals surface area contributed by atoms with Crippen molar-refractivity contribution in [1.29, 1.82) is 0 Å². The molecule has 136 valence electrons. The normalized spacial score (nSPS) is 13.0. The Balaban J connectivity index is 1.91. The van der Waals surface area contributed by atoms with Crippen LogP contribution in [0.5, 0.6) is 5.75 Å². The van der Waals surface area contributed by atoms with Crippen molar-refractivity contribution in [2.45, 2.75) is 23.8 Å². The van der Waals surface area contributed by atoms with Gasteiger partial charge in [-0.3, -0.25) is 0 Å². The molecule has 2 rings (SSSR count). The van der Waals surface area contributed by atoms with Gasteiger partial charge in [-0.15, -0.1) is 0 Å². The summed E-state index contributed by atoms with van der Waals surface area (Å²) in [6.45, 7) is 0.270. The second-order valence-corrected chi connectivity index (χ2v) is 7.76. The molecule has 1 unspecified atom stereocenters. The number of ether oxygens (including phenoxy) is 1. The monoisotopic (exact) mass is 367 g/mol. The Morgan fingerprint density at radius 1 is 1.12 bits per heavy atom. The average Bonchev–Trinajstić information content (AvgIpc) is 2.62. The molecule has 5 nitrogen and oxygen atoms in total. The first-order chi connectivity index (χ1) is 11.8. The molecule has 7 heteroatoms. The van der Waals surface area contributed by atoms with Crippen LogP contribution in [0.25, 0.3) is 0 Å². The quantitative estimate of drug-likeness (QED) is 0.779. The van der Waals surface area contributed by atoms with E-state index >= 15 is 0 Å². The largest absolute Gasteiger partial charge is 0.497 e. The van der Waals surface area contributed by atoms with Crippen molar-refractivity contribution in [3.8, 4) is 5.75 Å². The van der Waals surface area contributed by atoms with Crippen molar-refractivity contribution >= 4 is 10.0 Å². The number of sulfonamides is 1. The fourth-order valence-electron chi connectivity index (χ4n) is 2.41. The first kappa shape index (κ1) is 19.4. The Morgan fingerprint density at radius 2 is 1.72 bits per heavy atom. The standard InChI is InChI=1S/C18H22FNO4S/c1-20(25(22,23)17-11-9-16(24-2)10-12-17)13-3-4-18(21)14-5-7-15(19)8-6-14/h5-12,18,21H,3-4,13H2,1-2H3. The van der Waals surface area contributed by atoms with Crippen molar-refractivity contribution in [1.82, 2.24) is 4.31 Å². The summed E-state index contributed by atoms with van der Waals surface area (Å²) >= 11 is 0. The molecule has 0 fully saturated rings. The van der Waals surface area contributed by atoms with Gasteiger partial charge in [0.1, 0.15) is 11.6 Å². The predicted molar refractivity (Wildman–Crippen MR) is 93.4 cm³/mol. The fourth-order valence-corrected chi connectivity index (χ4v) is 3.62. The van der Waals surface area contributed by atoms with Crippen molar-refractivity contribution < 1.29 is 22.7 Å². The van der Waals surface area contributed by atoms with Crippen LogP contribution in [0.4, 0.5) is 4.39 Å². The van der Waals surface area contributed by atoms with Crippen LogP contribution in [0.1, 0.15) is 24.5 Å². The molecule has 0 saturated carbocycles. The smallest absolute Gasteiger partial charge is 0.242 e. The fraction of sp³-hybridized carbons (Fsp3) is 0.333. The number of halogens is 1. The molecule has 2 aromatic rings. The zero-order chi connectivity index (χ0) is 18.4. The molecule has 0 bridgehead atoms. The number of nitrogens with zero attached hydrogens (tertiary/aromatic N) is 1. The van der Waals surface area contributed by atoms with Crippen LogP contribution >= 0.6 is 0 Å². The first-order valence-corrected chi connectivity index (χ1v) is 9.32. The van der Waals surface area contributed by atoms with Crippen molar-refractivity contribution in [3.05, 3.63) is 59.9 Å². The lowest BCUT2D eigenvalue weighted by Gasteiger charge is -2.18. The summed E-state index contributed by atoms with van der Waals surface area (Å²) in [7, 11) is -0.566. The van der Waals surface area contributed by atoms with Crippen LogP contribution in [-0.4, -0.2) is 38.5 Å². The number of hydrogen-bond donors (Lipinski definition) is 1. The summed E-state index contributed by atoms with van der Waals surface area (Å²) in [6, 6.07) is 11.8. The van der Waals surface area contributed by atoms with Gasteiger partial charge in [-0.1, -0.05) is 12.1 Å². The third-order valence-electron chi connectivity index (χ3n) is 3.97. The Kier molecular flexibility index (Phi) is 6.52. The number of aliphatic hydroxyl groups is 1. The maximum absolute atomic E-state index is 12.9. The number of benzene rings is 2. The molecule has 0 aromatic heterocycles. The summed E-state index contributed by atoms with van der Waals surface area (Å²) < 4.78 is 44.2. The Hall–Kier alpha value is -1.96. The SMILES string of the molecule is COc1ccc(S(=O)(=O)N(C)CCCC(O)c2ccc(F)cc2)cc1. The lowest BCUT2D eigenvalue weighted by molar-refractivity contribution is 0.162. The second-order valence-electron chi connectivity index (χ2n) is 5.71. The number of methoxy groups -OCH3 is 1. The number of aliphatic hydroxyl groups excluding tert-OH is 1. The minimum atomic E-state index is -3.59. The molecule has 0 aliphatic heterocycles. The van der Waals surface area contributed by atoms with E-state index in [0.717, 1.165) is 0 Å². The van der Waals surface area contributed by atoms with E-state index in [4.69, 9.17) is 4.74 Å². The van der Waals surface area contributed by atoms with Gasteiger partial charge in [-0.25, -0.2) is 17.1 Å². The molecule has 0 saturated heterocycles. The van der Waals surface area contributed by atoms with Crippen LogP contribution < -0.4 is 4.74 Å². The van der Waals surface area contributed by atoms with E-state index < -0.39 is 16.1 Å². The van der Waals surface area contributed by atoms with Crippen molar-refractivity contribution in [3.63, 3.8) is 0 Å². The van der Waals surface area contributed by atoms with E-state index in [0.29, 0.717) is 24.2 Å². The van der Waals surface area contributed by atoms with Crippen LogP contribution in [0, 0.1) is 5.82 Å². The zero-order valence-electron chi connectivity index (χ0n) is 14.2. The molecule has 0 amide bonds. The Bertz CT molecular complexity index is 776. The molecule has 0 spiro atoms. The molecule has 0 aliphatic carbocycles. The van der Waals surface area contributed by atoms with E-state index in [1.807, 2.05) is 0 Å². The van der Waals surface area contributed by atoms with Gasteiger partial charge in [0.05, 0.1) is 18.1 Å². The maximum atomic E-state index is 12.9. The van der Waals surface area contributed by atoms with Crippen LogP contribution in [-0.2, 0) is 10.0 Å². The highest BCUT2D eigenvalue weighted by Gasteiger charge is 2.20. The molecule has 0 radical (unpaired) electrons. The van der Waals surface area contributed by atoms with Gasteiger partial charge in [-0.05, 0) is 54.8 Å². The topological polar surface area (TPSA) is 66.8 Å². The van der Waals surface area contributed by atoms with Gasteiger partial charge in [0, 0.05) is 13.6 Å². The van der Waals surface area contributed by atoms with Gasteiger partial charge in [-0.2, -0.15) is 0 Å². The third kappa shape index (κ3) is 5.01. The molecular weight excluding hydrogens is 345 g/mol. The van der Waals surface area contributed by atoms with E-state index in [2.05, 4.69) is 0 Å². The number of hydrogen-bond acceptors (Lipinski definition) is 4. The molecular formula is C18H22FNO4S. The van der Waals surface area contributed by atoms with Crippen LogP contribution in [0.3, 0.4) is 0 Å². The average molecular weight is 367 g/mol. The summed E-state index contributed by atoms with van der Waals surface area (Å²) in [6.07, 6.45) is 0.108. The molecule has 1 atom stereocenters. The molecule has 0 heterocycles. The minimum Gasteiger partial charge on any atom is -0.497 e. The van der Waals surface area contributed by atoms with E-state index in [9.17, 15) is 17.9 Å². The van der Waals surface area contributed by atoms with E-state index in [1.54, 1.807) is 12.1 Å². The lowest BCUT2D eigenvalue weighted by atomic mass is 10.1.